The van der Waals surface area contributed by atoms with Crippen LogP contribution >= 0.6 is 0 Å². The molecule has 2 aliphatic heterocycles. The number of fused-ring (bicyclic) bond motifs is 1. The van der Waals surface area contributed by atoms with Crippen molar-refractivity contribution in [3.63, 3.8) is 0 Å². The minimum absolute atomic E-state index is 0.0751. The maximum Gasteiger partial charge on any atom is 0.239 e. The molecule has 0 radical (unpaired) electrons. The summed E-state index contributed by atoms with van der Waals surface area (Å²) in [5, 5.41) is 2.72. The Hall–Kier alpha value is -1.76. The lowest BCUT2D eigenvalue weighted by Gasteiger charge is -2.46. The van der Waals surface area contributed by atoms with Gasteiger partial charge < -0.3 is 19.6 Å². The summed E-state index contributed by atoms with van der Waals surface area (Å²) in [4.78, 5) is 26.5. The minimum Gasteiger partial charge on any atom is -0.358 e. The molecule has 1 aromatic carbocycles. The molecule has 0 aromatic heterocycles. The van der Waals surface area contributed by atoms with Crippen LogP contribution in [0.25, 0.3) is 0 Å². The smallest absolute Gasteiger partial charge is 0.239 e. The number of ether oxygens (including phenoxy) is 2. The molecule has 0 aliphatic carbocycles. The number of hydrogen-bond acceptors (Lipinski definition) is 5. The molecule has 25 heavy (non-hydrogen) atoms. The third kappa shape index (κ3) is 3.34. The average molecular weight is 346 g/mol. The first-order valence-electron chi connectivity index (χ1n) is 8.70. The number of carbonyl (C=O) groups excluding carboxylic acids is 2. The third-order valence-corrected chi connectivity index (χ3v) is 5.13. The predicted octanol–water partition coefficient (Wildman–Crippen LogP) is 1.34. The standard InChI is InChI=1S/C19H26N2O4/c1-12-14(11-22)21(10-13-8-6-5-7-9-13)15(18(23)20-4)17-16(12)24-19(2,3)25-17/h5-9,11-12,14-17H,10H2,1-4H3,(H,20,23)/t12-,14-,15+,16+,17-/m1/s1. The molecular weight excluding hydrogens is 320 g/mol. The van der Waals surface area contributed by atoms with Crippen LogP contribution in [-0.2, 0) is 25.6 Å². The number of amides is 1. The first-order valence-corrected chi connectivity index (χ1v) is 8.70. The van der Waals surface area contributed by atoms with Crippen molar-refractivity contribution in [3.8, 4) is 0 Å². The highest BCUT2D eigenvalue weighted by Crippen LogP contribution is 2.41. The van der Waals surface area contributed by atoms with Gasteiger partial charge in [0.15, 0.2) is 5.79 Å². The Bertz CT molecular complexity index is 634. The largest absolute Gasteiger partial charge is 0.358 e. The molecule has 1 N–H and O–H groups in total. The molecule has 1 amide bonds. The number of likely N-dealkylation sites (N-methyl/N-ethyl adjacent to an activating group) is 1. The Morgan fingerprint density at radius 1 is 1.24 bits per heavy atom. The van der Waals surface area contributed by atoms with Crippen molar-refractivity contribution < 1.29 is 19.1 Å². The second-order valence-corrected chi connectivity index (χ2v) is 7.27. The first-order chi connectivity index (χ1) is 11.9. The lowest BCUT2D eigenvalue weighted by molar-refractivity contribution is -0.153. The molecule has 2 fully saturated rings. The van der Waals surface area contributed by atoms with E-state index in [1.165, 1.54) is 0 Å². The van der Waals surface area contributed by atoms with Gasteiger partial charge in [0, 0.05) is 19.5 Å². The topological polar surface area (TPSA) is 67.9 Å². The minimum atomic E-state index is -0.772. The summed E-state index contributed by atoms with van der Waals surface area (Å²) in [7, 11) is 1.60. The first kappa shape index (κ1) is 18.0. The lowest BCUT2D eigenvalue weighted by atomic mass is 9.82. The maximum absolute atomic E-state index is 12.7. The van der Waals surface area contributed by atoms with E-state index >= 15 is 0 Å². The van der Waals surface area contributed by atoms with E-state index in [1.807, 2.05) is 56.0 Å². The van der Waals surface area contributed by atoms with Crippen LogP contribution in [0.5, 0.6) is 0 Å². The lowest BCUT2D eigenvalue weighted by Crippen LogP contribution is -2.66. The van der Waals surface area contributed by atoms with Crippen LogP contribution in [0.1, 0.15) is 26.3 Å². The average Bonchev–Trinajstić information content (AvgIpc) is 2.91. The van der Waals surface area contributed by atoms with Crippen LogP contribution in [0, 0.1) is 5.92 Å². The molecule has 5 atom stereocenters. The molecule has 0 unspecified atom stereocenters. The highest BCUT2D eigenvalue weighted by molar-refractivity contribution is 5.83. The number of likely N-dealkylation sites (tertiary alicyclic amines) is 1. The number of nitrogens with one attached hydrogen (secondary N) is 1. The van der Waals surface area contributed by atoms with Gasteiger partial charge in [-0.2, -0.15) is 0 Å². The van der Waals surface area contributed by atoms with Crippen molar-refractivity contribution in [3.05, 3.63) is 35.9 Å². The number of benzene rings is 1. The zero-order valence-corrected chi connectivity index (χ0v) is 15.1. The van der Waals surface area contributed by atoms with Crippen molar-refractivity contribution in [2.24, 2.45) is 5.92 Å². The molecule has 2 saturated heterocycles. The van der Waals surface area contributed by atoms with Crippen LogP contribution in [0.4, 0.5) is 0 Å². The van der Waals surface area contributed by atoms with E-state index in [4.69, 9.17) is 9.47 Å². The molecule has 136 valence electrons. The van der Waals surface area contributed by atoms with Gasteiger partial charge in [0.1, 0.15) is 18.4 Å². The number of nitrogens with zero attached hydrogens (tertiary/aromatic N) is 1. The molecule has 0 saturated carbocycles. The number of carbonyl (C=O) groups is 2. The van der Waals surface area contributed by atoms with Gasteiger partial charge in [0.25, 0.3) is 0 Å². The fourth-order valence-corrected chi connectivity index (χ4v) is 3.99. The predicted molar refractivity (Wildman–Crippen MR) is 92.7 cm³/mol. The normalized spacial score (nSPS) is 34.3. The fraction of sp³-hybridized carbons (Fsp3) is 0.579. The zero-order chi connectivity index (χ0) is 18.2. The molecule has 6 nitrogen and oxygen atoms in total. The summed E-state index contributed by atoms with van der Waals surface area (Å²) in [5.74, 6) is -1.01. The molecule has 2 heterocycles. The Morgan fingerprint density at radius 3 is 2.48 bits per heavy atom. The summed E-state index contributed by atoms with van der Waals surface area (Å²) in [6.07, 6.45) is 0.221. The maximum atomic E-state index is 12.7. The van der Waals surface area contributed by atoms with E-state index in [0.29, 0.717) is 6.54 Å². The molecule has 3 rings (SSSR count). The van der Waals surface area contributed by atoms with Gasteiger partial charge in [0.05, 0.1) is 12.1 Å². The Morgan fingerprint density at radius 2 is 1.88 bits per heavy atom. The van der Waals surface area contributed by atoms with E-state index in [0.717, 1.165) is 11.8 Å². The SMILES string of the molecule is CNC(=O)[C@@H]1[C@H]2OC(C)(C)O[C@H]2[C@H](C)[C@@H](C=O)N1Cc1ccccc1. The van der Waals surface area contributed by atoms with Gasteiger partial charge in [-0.1, -0.05) is 37.3 Å². The second-order valence-electron chi connectivity index (χ2n) is 7.27. The molecule has 0 spiro atoms. The number of aldehydes is 1. The molecule has 0 bridgehead atoms. The van der Waals surface area contributed by atoms with E-state index in [1.54, 1.807) is 7.05 Å². The summed E-state index contributed by atoms with van der Waals surface area (Å²) in [6, 6.07) is 8.85. The van der Waals surface area contributed by atoms with Crippen molar-refractivity contribution in [2.45, 2.75) is 57.4 Å². The van der Waals surface area contributed by atoms with E-state index in [2.05, 4.69) is 5.32 Å². The summed E-state index contributed by atoms with van der Waals surface area (Å²) < 4.78 is 12.1. The van der Waals surface area contributed by atoms with Crippen molar-refractivity contribution in [1.29, 1.82) is 0 Å². The number of piperidine rings is 1. The third-order valence-electron chi connectivity index (χ3n) is 5.13. The van der Waals surface area contributed by atoms with E-state index in [9.17, 15) is 9.59 Å². The molecule has 1 aromatic rings. The van der Waals surface area contributed by atoms with Gasteiger partial charge in [-0.3, -0.25) is 9.69 Å². The van der Waals surface area contributed by atoms with Crippen LogP contribution in [0.2, 0.25) is 0 Å². The molecule has 6 heteroatoms. The van der Waals surface area contributed by atoms with Gasteiger partial charge >= 0.3 is 0 Å². The number of hydrogen-bond donors (Lipinski definition) is 1. The Labute approximate surface area is 148 Å². The monoisotopic (exact) mass is 346 g/mol. The van der Waals surface area contributed by atoms with Crippen LogP contribution in [0.3, 0.4) is 0 Å². The zero-order valence-electron chi connectivity index (χ0n) is 15.1. The number of rotatable bonds is 4. The molecular formula is C19H26N2O4. The van der Waals surface area contributed by atoms with Crippen LogP contribution < -0.4 is 5.32 Å². The highest BCUT2D eigenvalue weighted by atomic mass is 16.8. The van der Waals surface area contributed by atoms with Crippen molar-refractivity contribution >= 4 is 12.2 Å². The van der Waals surface area contributed by atoms with Gasteiger partial charge in [-0.15, -0.1) is 0 Å². The van der Waals surface area contributed by atoms with Crippen molar-refractivity contribution in [2.75, 3.05) is 7.05 Å². The Kier molecular flexibility index (Phi) is 4.95. The summed E-state index contributed by atoms with van der Waals surface area (Å²) in [6.45, 7) is 6.17. The van der Waals surface area contributed by atoms with Crippen LogP contribution in [-0.4, -0.2) is 54.2 Å². The Balaban J connectivity index is 1.99. The van der Waals surface area contributed by atoms with E-state index < -0.39 is 24.0 Å². The summed E-state index contributed by atoms with van der Waals surface area (Å²) >= 11 is 0. The van der Waals surface area contributed by atoms with Gasteiger partial charge in [0.2, 0.25) is 5.91 Å². The van der Waals surface area contributed by atoms with Gasteiger partial charge in [-0.05, 0) is 19.4 Å². The molecule has 2 aliphatic rings. The summed E-state index contributed by atoms with van der Waals surface area (Å²) in [5.41, 5.74) is 1.05. The van der Waals surface area contributed by atoms with Gasteiger partial charge in [-0.25, -0.2) is 0 Å². The quantitative estimate of drug-likeness (QED) is 0.834. The van der Waals surface area contributed by atoms with Crippen molar-refractivity contribution in [1.82, 2.24) is 10.2 Å². The second kappa shape index (κ2) is 6.86. The van der Waals surface area contributed by atoms with E-state index in [-0.39, 0.29) is 17.9 Å². The fourth-order valence-electron chi connectivity index (χ4n) is 3.99. The highest BCUT2D eigenvalue weighted by Gasteiger charge is 2.57. The van der Waals surface area contributed by atoms with Crippen LogP contribution in [0.15, 0.2) is 30.3 Å².